The van der Waals surface area contributed by atoms with Crippen molar-refractivity contribution in [3.05, 3.63) is 28.8 Å². The van der Waals surface area contributed by atoms with Crippen LogP contribution in [0.25, 0.3) is 0 Å². The molecular formula is C14H20ClNO2. The minimum Gasteiger partial charge on any atom is -0.495 e. The second-order valence-corrected chi connectivity index (χ2v) is 5.38. The Labute approximate surface area is 113 Å². The Hall–Kier alpha value is -0.770. The second kappa shape index (κ2) is 5.91. The average molecular weight is 270 g/mol. The molecule has 18 heavy (non-hydrogen) atoms. The van der Waals surface area contributed by atoms with Gasteiger partial charge in [0.15, 0.2) is 0 Å². The maximum atomic E-state index is 9.52. The van der Waals surface area contributed by atoms with E-state index in [1.165, 1.54) is 12.8 Å². The van der Waals surface area contributed by atoms with E-state index in [1.807, 2.05) is 18.2 Å². The third-order valence-electron chi connectivity index (χ3n) is 3.75. The van der Waals surface area contributed by atoms with Crippen molar-refractivity contribution in [3.8, 4) is 5.75 Å². The quantitative estimate of drug-likeness (QED) is 0.864. The summed E-state index contributed by atoms with van der Waals surface area (Å²) in [5, 5.41) is 13.6. The monoisotopic (exact) mass is 269 g/mol. The minimum atomic E-state index is -0.0909. The van der Waals surface area contributed by atoms with E-state index >= 15 is 0 Å². The maximum Gasteiger partial charge on any atom is 0.137 e. The van der Waals surface area contributed by atoms with E-state index in [0.29, 0.717) is 10.8 Å². The van der Waals surface area contributed by atoms with Gasteiger partial charge in [0.1, 0.15) is 5.75 Å². The first kappa shape index (κ1) is 13.7. The van der Waals surface area contributed by atoms with Gasteiger partial charge in [-0.05, 0) is 30.5 Å². The van der Waals surface area contributed by atoms with Crippen LogP contribution in [-0.4, -0.2) is 24.4 Å². The predicted molar refractivity (Wildman–Crippen MR) is 73.1 cm³/mol. The van der Waals surface area contributed by atoms with Crippen LogP contribution in [0.15, 0.2) is 18.2 Å². The molecular weight excluding hydrogens is 250 g/mol. The fraction of sp³-hybridized carbons (Fsp3) is 0.571. The van der Waals surface area contributed by atoms with E-state index in [1.54, 1.807) is 7.11 Å². The minimum absolute atomic E-state index is 0.0909. The van der Waals surface area contributed by atoms with Gasteiger partial charge in [0, 0.05) is 12.1 Å². The predicted octanol–water partition coefficient (Wildman–Crippen LogP) is 2.74. The van der Waals surface area contributed by atoms with Crippen molar-refractivity contribution in [2.24, 2.45) is 0 Å². The molecule has 3 nitrogen and oxygen atoms in total. The number of rotatable bonds is 5. The van der Waals surface area contributed by atoms with Gasteiger partial charge in [0.05, 0.1) is 18.7 Å². The third-order valence-corrected chi connectivity index (χ3v) is 4.04. The summed E-state index contributed by atoms with van der Waals surface area (Å²) in [4.78, 5) is 0. The molecule has 1 saturated carbocycles. The molecule has 0 amide bonds. The van der Waals surface area contributed by atoms with Crippen LogP contribution in [0.2, 0.25) is 5.02 Å². The van der Waals surface area contributed by atoms with E-state index in [-0.39, 0.29) is 12.1 Å². The van der Waals surface area contributed by atoms with Crippen LogP contribution in [-0.2, 0) is 6.54 Å². The fourth-order valence-corrected chi connectivity index (χ4v) is 2.83. The number of aliphatic hydroxyl groups is 1. The van der Waals surface area contributed by atoms with Crippen molar-refractivity contribution in [2.75, 3.05) is 13.7 Å². The van der Waals surface area contributed by atoms with Gasteiger partial charge in [-0.1, -0.05) is 30.5 Å². The first-order valence-electron chi connectivity index (χ1n) is 6.37. The van der Waals surface area contributed by atoms with Crippen LogP contribution in [0.1, 0.15) is 31.2 Å². The molecule has 4 heteroatoms. The van der Waals surface area contributed by atoms with Gasteiger partial charge in [-0.2, -0.15) is 0 Å². The zero-order valence-corrected chi connectivity index (χ0v) is 11.5. The van der Waals surface area contributed by atoms with Gasteiger partial charge in [-0.3, -0.25) is 0 Å². The highest BCUT2D eigenvalue weighted by atomic mass is 35.5. The van der Waals surface area contributed by atoms with Crippen LogP contribution < -0.4 is 10.1 Å². The highest BCUT2D eigenvalue weighted by molar-refractivity contribution is 6.32. The zero-order valence-electron chi connectivity index (χ0n) is 10.7. The summed E-state index contributed by atoms with van der Waals surface area (Å²) >= 11 is 6.09. The molecule has 1 aromatic carbocycles. The van der Waals surface area contributed by atoms with Crippen LogP contribution >= 0.6 is 11.6 Å². The first-order chi connectivity index (χ1) is 8.69. The van der Waals surface area contributed by atoms with Crippen molar-refractivity contribution in [2.45, 2.75) is 37.8 Å². The van der Waals surface area contributed by atoms with Crippen molar-refractivity contribution in [3.63, 3.8) is 0 Å². The summed E-state index contributed by atoms with van der Waals surface area (Å²) in [5.41, 5.74) is 1.02. The molecule has 0 spiro atoms. The number of halogens is 1. The molecule has 2 rings (SSSR count). The molecule has 0 unspecified atom stereocenters. The lowest BCUT2D eigenvalue weighted by Crippen LogP contribution is -2.45. The molecule has 1 fully saturated rings. The largest absolute Gasteiger partial charge is 0.495 e. The Balaban J connectivity index is 1.99. The Morgan fingerprint density at radius 3 is 2.67 bits per heavy atom. The molecule has 0 atom stereocenters. The normalized spacial score (nSPS) is 17.9. The van der Waals surface area contributed by atoms with E-state index in [2.05, 4.69) is 5.32 Å². The number of aliphatic hydroxyl groups excluding tert-OH is 1. The lowest BCUT2D eigenvalue weighted by atomic mass is 9.98. The standard InChI is InChI=1S/C14H20ClNO2/c1-18-13-5-4-11(8-12(13)15)9-16-14(10-17)6-2-3-7-14/h4-5,8,16-17H,2-3,6-7,9-10H2,1H3. The molecule has 0 heterocycles. The van der Waals surface area contributed by atoms with Crippen LogP contribution in [0.4, 0.5) is 0 Å². The van der Waals surface area contributed by atoms with Crippen LogP contribution in [0.3, 0.4) is 0 Å². The van der Waals surface area contributed by atoms with E-state index in [9.17, 15) is 5.11 Å². The van der Waals surface area contributed by atoms with E-state index < -0.39 is 0 Å². The van der Waals surface area contributed by atoms with Gasteiger partial charge in [0.25, 0.3) is 0 Å². The molecule has 100 valence electrons. The molecule has 1 aliphatic rings. The van der Waals surface area contributed by atoms with Gasteiger partial charge in [-0.15, -0.1) is 0 Å². The molecule has 1 aliphatic carbocycles. The van der Waals surface area contributed by atoms with Crippen LogP contribution in [0, 0.1) is 0 Å². The summed E-state index contributed by atoms with van der Waals surface area (Å²) < 4.78 is 5.13. The molecule has 0 radical (unpaired) electrons. The van der Waals surface area contributed by atoms with Gasteiger partial charge >= 0.3 is 0 Å². The van der Waals surface area contributed by atoms with Gasteiger partial charge < -0.3 is 15.2 Å². The number of benzene rings is 1. The van der Waals surface area contributed by atoms with Crippen molar-refractivity contribution >= 4 is 11.6 Å². The summed E-state index contributed by atoms with van der Waals surface area (Å²) in [7, 11) is 1.61. The SMILES string of the molecule is COc1ccc(CNC2(CO)CCCC2)cc1Cl. The molecule has 0 aromatic heterocycles. The van der Waals surface area contributed by atoms with Crippen molar-refractivity contribution in [1.82, 2.24) is 5.32 Å². The zero-order chi connectivity index (χ0) is 13.0. The lowest BCUT2D eigenvalue weighted by Gasteiger charge is -2.28. The Kier molecular flexibility index (Phi) is 4.49. The Morgan fingerprint density at radius 1 is 1.39 bits per heavy atom. The van der Waals surface area contributed by atoms with E-state index in [0.717, 1.165) is 24.9 Å². The van der Waals surface area contributed by atoms with Gasteiger partial charge in [0.2, 0.25) is 0 Å². The molecule has 0 bridgehead atoms. The lowest BCUT2D eigenvalue weighted by molar-refractivity contribution is 0.163. The fourth-order valence-electron chi connectivity index (χ4n) is 2.55. The number of hydrogen-bond donors (Lipinski definition) is 2. The van der Waals surface area contributed by atoms with Crippen LogP contribution in [0.5, 0.6) is 5.75 Å². The summed E-state index contributed by atoms with van der Waals surface area (Å²) in [6, 6.07) is 5.78. The summed E-state index contributed by atoms with van der Waals surface area (Å²) in [5.74, 6) is 0.693. The molecule has 0 aliphatic heterocycles. The van der Waals surface area contributed by atoms with Gasteiger partial charge in [-0.25, -0.2) is 0 Å². The number of hydrogen-bond acceptors (Lipinski definition) is 3. The summed E-state index contributed by atoms with van der Waals surface area (Å²) in [6.07, 6.45) is 4.48. The summed E-state index contributed by atoms with van der Waals surface area (Å²) in [6.45, 7) is 0.932. The molecule has 2 N–H and O–H groups in total. The highest BCUT2D eigenvalue weighted by Gasteiger charge is 2.32. The first-order valence-corrected chi connectivity index (χ1v) is 6.75. The third kappa shape index (κ3) is 2.97. The average Bonchev–Trinajstić information content (AvgIpc) is 2.86. The highest BCUT2D eigenvalue weighted by Crippen LogP contribution is 2.30. The Morgan fingerprint density at radius 2 is 2.11 bits per heavy atom. The van der Waals surface area contributed by atoms with E-state index in [4.69, 9.17) is 16.3 Å². The smallest absolute Gasteiger partial charge is 0.137 e. The molecule has 0 saturated heterocycles. The number of methoxy groups -OCH3 is 1. The van der Waals surface area contributed by atoms with Crippen molar-refractivity contribution < 1.29 is 9.84 Å². The second-order valence-electron chi connectivity index (χ2n) is 4.97. The molecule has 1 aromatic rings. The van der Waals surface area contributed by atoms with Crippen molar-refractivity contribution in [1.29, 1.82) is 0 Å². The Bertz CT molecular complexity index is 403. The number of nitrogens with one attached hydrogen (secondary N) is 1. The number of ether oxygens (including phenoxy) is 1. The maximum absolute atomic E-state index is 9.52. The topological polar surface area (TPSA) is 41.5 Å².